The first-order valence-corrected chi connectivity index (χ1v) is 8.04. The molecule has 4 heteroatoms. The third-order valence-electron chi connectivity index (χ3n) is 4.97. The van der Waals surface area contributed by atoms with Gasteiger partial charge in [-0.2, -0.15) is 0 Å². The SMILES string of the molecule is C1CCC2(C1)CC(NCCN1CCOCC1)CCO2. The molecular formula is C15H28N2O2. The Balaban J connectivity index is 1.37. The minimum atomic E-state index is 0.245. The van der Waals surface area contributed by atoms with E-state index in [1.807, 2.05) is 0 Å². The van der Waals surface area contributed by atoms with Gasteiger partial charge in [0, 0.05) is 38.8 Å². The zero-order valence-corrected chi connectivity index (χ0v) is 12.0. The molecule has 0 aromatic heterocycles. The molecule has 0 amide bonds. The Labute approximate surface area is 116 Å². The highest BCUT2D eigenvalue weighted by molar-refractivity contribution is 4.93. The Kier molecular flexibility index (Phi) is 4.74. The van der Waals surface area contributed by atoms with Gasteiger partial charge in [0.05, 0.1) is 18.8 Å². The Bertz CT molecular complexity index is 273. The van der Waals surface area contributed by atoms with Gasteiger partial charge in [0.25, 0.3) is 0 Å². The molecule has 3 aliphatic rings. The van der Waals surface area contributed by atoms with Crippen molar-refractivity contribution in [3.63, 3.8) is 0 Å². The van der Waals surface area contributed by atoms with E-state index in [0.717, 1.165) is 46.0 Å². The van der Waals surface area contributed by atoms with Gasteiger partial charge in [-0.25, -0.2) is 0 Å². The molecule has 0 aromatic rings. The van der Waals surface area contributed by atoms with Crippen LogP contribution in [0.3, 0.4) is 0 Å². The molecule has 0 aromatic carbocycles. The minimum absolute atomic E-state index is 0.245. The lowest BCUT2D eigenvalue weighted by Crippen LogP contribution is -2.48. The van der Waals surface area contributed by atoms with Crippen molar-refractivity contribution >= 4 is 0 Å². The molecule has 1 atom stereocenters. The van der Waals surface area contributed by atoms with E-state index in [1.165, 1.54) is 38.5 Å². The molecule has 1 N–H and O–H groups in total. The van der Waals surface area contributed by atoms with Crippen molar-refractivity contribution in [1.29, 1.82) is 0 Å². The maximum atomic E-state index is 6.09. The van der Waals surface area contributed by atoms with E-state index >= 15 is 0 Å². The van der Waals surface area contributed by atoms with E-state index in [2.05, 4.69) is 10.2 Å². The lowest BCUT2D eigenvalue weighted by molar-refractivity contribution is -0.0837. The van der Waals surface area contributed by atoms with Crippen molar-refractivity contribution in [2.75, 3.05) is 46.0 Å². The van der Waals surface area contributed by atoms with E-state index in [-0.39, 0.29) is 5.60 Å². The Morgan fingerprint density at radius 2 is 1.89 bits per heavy atom. The summed E-state index contributed by atoms with van der Waals surface area (Å²) in [6, 6.07) is 0.674. The summed E-state index contributed by atoms with van der Waals surface area (Å²) in [5.41, 5.74) is 0.245. The van der Waals surface area contributed by atoms with Gasteiger partial charge in [-0.1, -0.05) is 12.8 Å². The number of morpholine rings is 1. The predicted molar refractivity (Wildman–Crippen MR) is 75.4 cm³/mol. The molecule has 0 bridgehead atoms. The molecular weight excluding hydrogens is 240 g/mol. The fraction of sp³-hybridized carbons (Fsp3) is 1.00. The van der Waals surface area contributed by atoms with Crippen molar-refractivity contribution in [2.45, 2.75) is 50.2 Å². The van der Waals surface area contributed by atoms with Gasteiger partial charge in [-0.15, -0.1) is 0 Å². The average molecular weight is 268 g/mol. The van der Waals surface area contributed by atoms with Gasteiger partial charge in [0.1, 0.15) is 0 Å². The molecule has 1 aliphatic carbocycles. The summed E-state index contributed by atoms with van der Waals surface area (Å²) < 4.78 is 11.5. The molecule has 3 rings (SSSR count). The molecule has 2 aliphatic heterocycles. The molecule has 0 radical (unpaired) electrons. The molecule has 4 nitrogen and oxygen atoms in total. The average Bonchev–Trinajstić information content (AvgIpc) is 2.88. The van der Waals surface area contributed by atoms with Crippen LogP contribution >= 0.6 is 0 Å². The Morgan fingerprint density at radius 3 is 2.68 bits per heavy atom. The van der Waals surface area contributed by atoms with Gasteiger partial charge >= 0.3 is 0 Å². The third-order valence-corrected chi connectivity index (χ3v) is 4.97. The highest BCUT2D eigenvalue weighted by Gasteiger charge is 2.39. The van der Waals surface area contributed by atoms with Crippen molar-refractivity contribution in [2.24, 2.45) is 0 Å². The van der Waals surface area contributed by atoms with Crippen LogP contribution in [0.1, 0.15) is 38.5 Å². The minimum Gasteiger partial charge on any atom is -0.379 e. The van der Waals surface area contributed by atoms with E-state index in [0.29, 0.717) is 6.04 Å². The molecule has 2 saturated heterocycles. The maximum Gasteiger partial charge on any atom is 0.0697 e. The van der Waals surface area contributed by atoms with Gasteiger partial charge in [-0.05, 0) is 25.7 Å². The molecule has 3 fully saturated rings. The summed E-state index contributed by atoms with van der Waals surface area (Å²) in [7, 11) is 0. The van der Waals surface area contributed by atoms with Crippen LogP contribution < -0.4 is 5.32 Å². The van der Waals surface area contributed by atoms with Crippen LogP contribution in [0, 0.1) is 0 Å². The molecule has 19 heavy (non-hydrogen) atoms. The lowest BCUT2D eigenvalue weighted by Gasteiger charge is -2.39. The van der Waals surface area contributed by atoms with Gasteiger partial charge in [0.15, 0.2) is 0 Å². The summed E-state index contributed by atoms with van der Waals surface area (Å²) >= 11 is 0. The first-order chi connectivity index (χ1) is 9.36. The van der Waals surface area contributed by atoms with Crippen molar-refractivity contribution in [3.05, 3.63) is 0 Å². The smallest absolute Gasteiger partial charge is 0.0697 e. The highest BCUT2D eigenvalue weighted by Crippen LogP contribution is 2.39. The normalized spacial score (nSPS) is 31.9. The van der Waals surface area contributed by atoms with Crippen LogP contribution in [0.15, 0.2) is 0 Å². The molecule has 110 valence electrons. The van der Waals surface area contributed by atoms with Crippen molar-refractivity contribution in [1.82, 2.24) is 10.2 Å². The lowest BCUT2D eigenvalue weighted by atomic mass is 9.89. The second kappa shape index (κ2) is 6.53. The van der Waals surface area contributed by atoms with Crippen LogP contribution in [0.25, 0.3) is 0 Å². The summed E-state index contributed by atoms with van der Waals surface area (Å²) in [6.45, 7) is 7.23. The van der Waals surface area contributed by atoms with Crippen molar-refractivity contribution < 1.29 is 9.47 Å². The number of nitrogens with one attached hydrogen (secondary N) is 1. The standard InChI is InChI=1S/C15H28N2O2/c1-2-5-15(4-1)13-14(3-10-19-15)16-6-7-17-8-11-18-12-9-17/h14,16H,1-13H2. The summed E-state index contributed by atoms with van der Waals surface area (Å²) in [5, 5.41) is 3.76. The molecule has 1 saturated carbocycles. The van der Waals surface area contributed by atoms with Gasteiger partial charge < -0.3 is 14.8 Å². The van der Waals surface area contributed by atoms with Crippen LogP contribution in [-0.2, 0) is 9.47 Å². The zero-order valence-electron chi connectivity index (χ0n) is 12.0. The highest BCUT2D eigenvalue weighted by atomic mass is 16.5. The number of hydrogen-bond acceptors (Lipinski definition) is 4. The molecule has 1 spiro atoms. The van der Waals surface area contributed by atoms with Gasteiger partial charge in [-0.3, -0.25) is 4.90 Å². The second-order valence-corrected chi connectivity index (χ2v) is 6.34. The summed E-state index contributed by atoms with van der Waals surface area (Å²) in [6.07, 6.45) is 7.71. The molecule has 2 heterocycles. The first-order valence-electron chi connectivity index (χ1n) is 8.04. The predicted octanol–water partition coefficient (Wildman–Crippen LogP) is 1.40. The fourth-order valence-corrected chi connectivity index (χ4v) is 3.82. The van der Waals surface area contributed by atoms with Gasteiger partial charge in [0.2, 0.25) is 0 Å². The van der Waals surface area contributed by atoms with Crippen molar-refractivity contribution in [3.8, 4) is 0 Å². The van der Waals surface area contributed by atoms with Crippen LogP contribution in [-0.4, -0.2) is 62.5 Å². The molecule has 1 unspecified atom stereocenters. The third kappa shape index (κ3) is 3.69. The summed E-state index contributed by atoms with van der Waals surface area (Å²) in [5.74, 6) is 0. The Hall–Kier alpha value is -0.160. The topological polar surface area (TPSA) is 33.7 Å². The maximum absolute atomic E-state index is 6.09. The monoisotopic (exact) mass is 268 g/mol. The second-order valence-electron chi connectivity index (χ2n) is 6.34. The van der Waals surface area contributed by atoms with E-state index in [4.69, 9.17) is 9.47 Å². The number of hydrogen-bond donors (Lipinski definition) is 1. The number of rotatable bonds is 4. The van der Waals surface area contributed by atoms with Crippen LogP contribution in [0.5, 0.6) is 0 Å². The zero-order chi connectivity index (χ0) is 13.0. The van der Waals surface area contributed by atoms with Crippen LogP contribution in [0.2, 0.25) is 0 Å². The first kappa shape index (κ1) is 13.8. The van der Waals surface area contributed by atoms with E-state index in [9.17, 15) is 0 Å². The van der Waals surface area contributed by atoms with Crippen LogP contribution in [0.4, 0.5) is 0 Å². The van der Waals surface area contributed by atoms with E-state index < -0.39 is 0 Å². The number of ether oxygens (including phenoxy) is 2. The largest absolute Gasteiger partial charge is 0.379 e. The summed E-state index contributed by atoms with van der Waals surface area (Å²) in [4.78, 5) is 2.50. The van der Waals surface area contributed by atoms with E-state index in [1.54, 1.807) is 0 Å². The quantitative estimate of drug-likeness (QED) is 0.836. The Morgan fingerprint density at radius 1 is 1.11 bits per heavy atom. The number of nitrogens with zero attached hydrogens (tertiary/aromatic N) is 1. The fourth-order valence-electron chi connectivity index (χ4n) is 3.82.